The van der Waals surface area contributed by atoms with Crippen LogP contribution in [-0.2, 0) is 30.4 Å². The molecule has 190 valence electrons. The topological polar surface area (TPSA) is 96.4 Å². The SMILES string of the molecule is C=CCN(Cc1ccccc1)C(=O)C1N([C@@H](CC)CO)C(=O)[C@@H]2[C@H](C(=O)OCC)[C@]3(C)CCC12O3. The van der Waals surface area contributed by atoms with Crippen LogP contribution in [-0.4, -0.2) is 75.7 Å². The standard InChI is InChI=1S/C27H36N2O6/c1-5-15-28(16-18-11-9-8-10-12-18)24(32)22-27-14-13-26(4,35-27)21(25(33)34-7-3)20(27)23(31)29(22)19(6-2)17-30/h5,8-12,19-22,30H,1,6-7,13-17H2,2-4H3/t19-,20-,21+,22?,26-,27?/m0/s1. The summed E-state index contributed by atoms with van der Waals surface area (Å²) >= 11 is 0. The first-order valence-electron chi connectivity index (χ1n) is 12.5. The average molecular weight is 485 g/mol. The first kappa shape index (κ1) is 25.4. The van der Waals surface area contributed by atoms with Crippen molar-refractivity contribution in [3.05, 3.63) is 48.6 Å². The third-order valence-electron chi connectivity index (χ3n) is 7.94. The molecule has 3 fully saturated rings. The van der Waals surface area contributed by atoms with Crippen LogP contribution in [0.5, 0.6) is 0 Å². The van der Waals surface area contributed by atoms with Crippen molar-refractivity contribution in [2.45, 2.75) is 69.9 Å². The van der Waals surface area contributed by atoms with E-state index in [0.717, 1.165) is 5.56 Å². The van der Waals surface area contributed by atoms with Gasteiger partial charge in [-0.05, 0) is 38.7 Å². The number of fused-ring (bicyclic) bond motifs is 1. The van der Waals surface area contributed by atoms with E-state index in [9.17, 15) is 19.5 Å². The molecule has 8 heteroatoms. The van der Waals surface area contributed by atoms with Crippen molar-refractivity contribution >= 4 is 17.8 Å². The lowest BCUT2D eigenvalue weighted by atomic mass is 9.66. The lowest BCUT2D eigenvalue weighted by Gasteiger charge is -2.39. The molecule has 0 aromatic heterocycles. The summed E-state index contributed by atoms with van der Waals surface area (Å²) < 4.78 is 11.9. The molecule has 1 aromatic carbocycles. The number of nitrogens with zero attached hydrogens (tertiary/aromatic N) is 2. The van der Waals surface area contributed by atoms with Gasteiger partial charge in [0, 0.05) is 13.1 Å². The summed E-state index contributed by atoms with van der Waals surface area (Å²) in [6.45, 7) is 9.83. The van der Waals surface area contributed by atoms with Gasteiger partial charge in [-0.15, -0.1) is 6.58 Å². The summed E-state index contributed by atoms with van der Waals surface area (Å²) in [5, 5.41) is 10.2. The molecular formula is C27H36N2O6. The van der Waals surface area contributed by atoms with E-state index in [4.69, 9.17) is 9.47 Å². The van der Waals surface area contributed by atoms with E-state index in [-0.39, 0.29) is 25.0 Å². The van der Waals surface area contributed by atoms with Crippen molar-refractivity contribution < 1.29 is 29.0 Å². The largest absolute Gasteiger partial charge is 0.466 e. The Morgan fingerprint density at radius 3 is 2.63 bits per heavy atom. The molecular weight excluding hydrogens is 448 g/mol. The number of benzene rings is 1. The molecule has 0 radical (unpaired) electrons. The number of likely N-dealkylation sites (tertiary alicyclic amines) is 1. The van der Waals surface area contributed by atoms with E-state index in [0.29, 0.717) is 32.4 Å². The van der Waals surface area contributed by atoms with E-state index in [1.807, 2.05) is 44.2 Å². The molecule has 3 heterocycles. The van der Waals surface area contributed by atoms with Crippen LogP contribution >= 0.6 is 0 Å². The minimum Gasteiger partial charge on any atom is -0.466 e. The third-order valence-corrected chi connectivity index (χ3v) is 7.94. The van der Waals surface area contributed by atoms with Crippen molar-refractivity contribution in [3.8, 4) is 0 Å². The molecule has 2 unspecified atom stereocenters. The molecule has 3 aliphatic heterocycles. The van der Waals surface area contributed by atoms with Gasteiger partial charge in [0.1, 0.15) is 17.6 Å². The molecule has 8 nitrogen and oxygen atoms in total. The van der Waals surface area contributed by atoms with Crippen LogP contribution in [0.25, 0.3) is 0 Å². The van der Waals surface area contributed by atoms with Crippen LogP contribution in [0.15, 0.2) is 43.0 Å². The smallest absolute Gasteiger partial charge is 0.312 e. The van der Waals surface area contributed by atoms with Crippen molar-refractivity contribution in [1.29, 1.82) is 0 Å². The predicted molar refractivity (Wildman–Crippen MR) is 129 cm³/mol. The van der Waals surface area contributed by atoms with E-state index in [2.05, 4.69) is 6.58 Å². The zero-order chi connectivity index (χ0) is 25.4. The van der Waals surface area contributed by atoms with Gasteiger partial charge in [-0.3, -0.25) is 14.4 Å². The molecule has 1 aromatic rings. The summed E-state index contributed by atoms with van der Waals surface area (Å²) in [5.41, 5.74) is -1.06. The number of carbonyl (C=O) groups is 3. The van der Waals surface area contributed by atoms with Crippen LogP contribution in [0.4, 0.5) is 0 Å². The zero-order valence-electron chi connectivity index (χ0n) is 20.8. The molecule has 4 rings (SSSR count). The molecule has 6 atom stereocenters. The second kappa shape index (κ2) is 9.74. The maximum Gasteiger partial charge on any atom is 0.312 e. The molecule has 2 amide bonds. The number of aliphatic hydroxyl groups is 1. The van der Waals surface area contributed by atoms with Crippen molar-refractivity contribution in [2.75, 3.05) is 19.8 Å². The molecule has 0 aliphatic carbocycles. The normalized spacial score (nSPS) is 31.8. The summed E-state index contributed by atoms with van der Waals surface area (Å²) in [4.78, 5) is 44.5. The Kier molecular flexibility index (Phi) is 7.06. The molecule has 1 spiro atoms. The monoisotopic (exact) mass is 484 g/mol. The van der Waals surface area contributed by atoms with Gasteiger partial charge in [-0.25, -0.2) is 0 Å². The predicted octanol–water partition coefficient (Wildman–Crippen LogP) is 2.30. The number of hydrogen-bond acceptors (Lipinski definition) is 6. The Hall–Kier alpha value is -2.71. The highest BCUT2D eigenvalue weighted by Gasteiger charge is 2.79. The first-order valence-corrected chi connectivity index (χ1v) is 12.5. The number of esters is 1. The molecule has 0 saturated carbocycles. The second-order valence-electron chi connectivity index (χ2n) is 9.96. The van der Waals surface area contributed by atoms with Gasteiger partial charge in [0.05, 0.1) is 30.8 Å². The average Bonchev–Trinajstić information content (AvgIpc) is 3.41. The minimum absolute atomic E-state index is 0.198. The number of hydrogen-bond donors (Lipinski definition) is 1. The maximum absolute atomic E-state index is 14.3. The minimum atomic E-state index is -1.14. The van der Waals surface area contributed by atoms with Gasteiger partial charge in [0.2, 0.25) is 11.8 Å². The highest BCUT2D eigenvalue weighted by molar-refractivity contribution is 5.98. The van der Waals surface area contributed by atoms with Gasteiger partial charge in [0.25, 0.3) is 0 Å². The Morgan fingerprint density at radius 2 is 2.03 bits per heavy atom. The fraction of sp³-hybridized carbons (Fsp3) is 0.593. The van der Waals surface area contributed by atoms with Gasteiger partial charge in [0.15, 0.2) is 0 Å². The molecule has 3 aliphatic rings. The second-order valence-corrected chi connectivity index (χ2v) is 9.96. The lowest BCUT2D eigenvalue weighted by molar-refractivity contribution is -0.161. The first-order chi connectivity index (χ1) is 16.8. The Bertz CT molecular complexity index is 979. The van der Waals surface area contributed by atoms with E-state index >= 15 is 0 Å². The van der Waals surface area contributed by atoms with Gasteiger partial charge < -0.3 is 24.4 Å². The maximum atomic E-state index is 14.3. The van der Waals surface area contributed by atoms with E-state index in [1.54, 1.807) is 17.9 Å². The van der Waals surface area contributed by atoms with Crippen LogP contribution in [0.1, 0.15) is 45.6 Å². The number of ether oxygens (including phenoxy) is 2. The summed E-state index contributed by atoms with van der Waals surface area (Å²) in [6, 6.07) is 8.13. The molecule has 1 N–H and O–H groups in total. The number of carbonyl (C=O) groups excluding carboxylic acids is 3. The summed E-state index contributed by atoms with van der Waals surface area (Å²) in [7, 11) is 0. The molecule has 35 heavy (non-hydrogen) atoms. The highest BCUT2D eigenvalue weighted by Crippen LogP contribution is 2.63. The van der Waals surface area contributed by atoms with E-state index in [1.165, 1.54) is 4.90 Å². The summed E-state index contributed by atoms with van der Waals surface area (Å²) in [6.07, 6.45) is 3.16. The van der Waals surface area contributed by atoms with Crippen LogP contribution in [0, 0.1) is 11.8 Å². The number of amides is 2. The van der Waals surface area contributed by atoms with Crippen LogP contribution < -0.4 is 0 Å². The van der Waals surface area contributed by atoms with Gasteiger partial charge in [-0.2, -0.15) is 0 Å². The van der Waals surface area contributed by atoms with Crippen molar-refractivity contribution in [2.24, 2.45) is 11.8 Å². The Balaban J connectivity index is 1.78. The number of aliphatic hydroxyl groups excluding tert-OH is 1. The molecule has 2 bridgehead atoms. The van der Waals surface area contributed by atoms with Crippen molar-refractivity contribution in [3.63, 3.8) is 0 Å². The Labute approximate surface area is 206 Å². The molecule has 3 saturated heterocycles. The van der Waals surface area contributed by atoms with Gasteiger partial charge >= 0.3 is 5.97 Å². The van der Waals surface area contributed by atoms with Crippen molar-refractivity contribution in [1.82, 2.24) is 9.80 Å². The number of rotatable bonds is 10. The van der Waals surface area contributed by atoms with Crippen LogP contribution in [0.3, 0.4) is 0 Å². The lowest BCUT2D eigenvalue weighted by Crippen LogP contribution is -2.58. The highest BCUT2D eigenvalue weighted by atomic mass is 16.6. The van der Waals surface area contributed by atoms with E-state index < -0.39 is 41.1 Å². The Morgan fingerprint density at radius 1 is 1.31 bits per heavy atom. The fourth-order valence-electron chi connectivity index (χ4n) is 6.40. The quantitative estimate of drug-likeness (QED) is 0.404. The van der Waals surface area contributed by atoms with Gasteiger partial charge in [-0.1, -0.05) is 43.3 Å². The fourth-order valence-corrected chi connectivity index (χ4v) is 6.40. The van der Waals surface area contributed by atoms with Crippen LogP contribution in [0.2, 0.25) is 0 Å². The zero-order valence-corrected chi connectivity index (χ0v) is 20.8. The third kappa shape index (κ3) is 3.96. The summed E-state index contributed by atoms with van der Waals surface area (Å²) in [5.74, 6) is -2.65.